The highest BCUT2D eigenvalue weighted by molar-refractivity contribution is 5.76. The second-order valence-corrected chi connectivity index (χ2v) is 4.97. The number of hydrogen-bond donors (Lipinski definition) is 0. The van der Waals surface area contributed by atoms with Crippen LogP contribution in [-0.2, 0) is 14.3 Å². The van der Waals surface area contributed by atoms with Gasteiger partial charge in [0.05, 0.1) is 6.10 Å². The minimum Gasteiger partial charge on any atom is -0.381 e. The Balaban J connectivity index is 1.70. The molecule has 17 heavy (non-hydrogen) atoms. The number of ether oxygens (including phenoxy) is 2. The van der Waals surface area contributed by atoms with Crippen LogP contribution in [0.4, 0.5) is 0 Å². The summed E-state index contributed by atoms with van der Waals surface area (Å²) in [6.07, 6.45) is 4.04. The van der Waals surface area contributed by atoms with Gasteiger partial charge in [-0.2, -0.15) is 0 Å². The van der Waals surface area contributed by atoms with Crippen molar-refractivity contribution in [1.29, 1.82) is 0 Å². The summed E-state index contributed by atoms with van der Waals surface area (Å²) in [6.45, 7) is 6.11. The number of likely N-dealkylation sites (tertiary alicyclic amines) is 1. The topological polar surface area (TPSA) is 38.8 Å². The smallest absolute Gasteiger partial charge is 0.222 e. The Labute approximate surface area is 103 Å². The fourth-order valence-electron chi connectivity index (χ4n) is 2.63. The lowest BCUT2D eigenvalue weighted by molar-refractivity contribution is -0.134. The maximum Gasteiger partial charge on any atom is 0.222 e. The van der Waals surface area contributed by atoms with Crippen molar-refractivity contribution >= 4 is 5.91 Å². The molecule has 0 aliphatic carbocycles. The monoisotopic (exact) mass is 241 g/mol. The van der Waals surface area contributed by atoms with Gasteiger partial charge in [0.2, 0.25) is 5.91 Å². The third kappa shape index (κ3) is 3.68. The maximum atomic E-state index is 12.0. The molecule has 2 aliphatic heterocycles. The van der Waals surface area contributed by atoms with Crippen molar-refractivity contribution in [2.24, 2.45) is 5.92 Å². The Bertz CT molecular complexity index is 243. The second-order valence-electron chi connectivity index (χ2n) is 4.97. The van der Waals surface area contributed by atoms with Crippen molar-refractivity contribution in [2.75, 3.05) is 32.9 Å². The first-order chi connectivity index (χ1) is 8.29. The normalized spacial score (nSPS) is 26.4. The van der Waals surface area contributed by atoms with E-state index in [4.69, 9.17) is 9.47 Å². The quantitative estimate of drug-likeness (QED) is 0.747. The van der Waals surface area contributed by atoms with Gasteiger partial charge in [-0.15, -0.1) is 0 Å². The molecule has 0 N–H and O–H groups in total. The SMILES string of the molecule is CCOC1CCN(C(=O)C[C@H]2CCOC2)CC1. The van der Waals surface area contributed by atoms with Gasteiger partial charge in [0, 0.05) is 39.3 Å². The largest absolute Gasteiger partial charge is 0.381 e. The van der Waals surface area contributed by atoms with Gasteiger partial charge >= 0.3 is 0 Å². The Morgan fingerprint density at radius 1 is 1.35 bits per heavy atom. The van der Waals surface area contributed by atoms with Crippen molar-refractivity contribution in [3.63, 3.8) is 0 Å². The van der Waals surface area contributed by atoms with Gasteiger partial charge in [-0.25, -0.2) is 0 Å². The van der Waals surface area contributed by atoms with Gasteiger partial charge in [0.25, 0.3) is 0 Å². The van der Waals surface area contributed by atoms with Crippen LogP contribution in [0.1, 0.15) is 32.6 Å². The second kappa shape index (κ2) is 6.36. The number of hydrogen-bond acceptors (Lipinski definition) is 3. The maximum absolute atomic E-state index is 12.0. The van der Waals surface area contributed by atoms with E-state index in [1.54, 1.807) is 0 Å². The third-order valence-corrected chi connectivity index (χ3v) is 3.68. The summed E-state index contributed by atoms with van der Waals surface area (Å²) in [4.78, 5) is 14.0. The summed E-state index contributed by atoms with van der Waals surface area (Å²) in [6, 6.07) is 0. The zero-order valence-corrected chi connectivity index (χ0v) is 10.7. The molecular weight excluding hydrogens is 218 g/mol. The lowest BCUT2D eigenvalue weighted by Gasteiger charge is -2.32. The van der Waals surface area contributed by atoms with Crippen LogP contribution in [0.5, 0.6) is 0 Å². The number of amides is 1. The van der Waals surface area contributed by atoms with Crippen molar-refractivity contribution in [3.8, 4) is 0 Å². The number of carbonyl (C=O) groups excluding carboxylic acids is 1. The molecule has 2 heterocycles. The zero-order chi connectivity index (χ0) is 12.1. The number of carbonyl (C=O) groups is 1. The first kappa shape index (κ1) is 12.8. The molecule has 0 aromatic heterocycles. The van der Waals surface area contributed by atoms with E-state index in [-0.39, 0.29) is 0 Å². The predicted molar refractivity (Wildman–Crippen MR) is 64.8 cm³/mol. The van der Waals surface area contributed by atoms with E-state index >= 15 is 0 Å². The first-order valence-corrected chi connectivity index (χ1v) is 6.76. The average Bonchev–Trinajstić information content (AvgIpc) is 2.83. The number of rotatable bonds is 4. The molecule has 0 radical (unpaired) electrons. The van der Waals surface area contributed by atoms with Gasteiger partial charge in [0.15, 0.2) is 0 Å². The molecule has 0 unspecified atom stereocenters. The Hall–Kier alpha value is -0.610. The van der Waals surface area contributed by atoms with E-state index < -0.39 is 0 Å². The van der Waals surface area contributed by atoms with Crippen LogP contribution < -0.4 is 0 Å². The lowest BCUT2D eigenvalue weighted by atomic mass is 10.0. The third-order valence-electron chi connectivity index (χ3n) is 3.68. The lowest BCUT2D eigenvalue weighted by Crippen LogP contribution is -2.41. The van der Waals surface area contributed by atoms with E-state index in [0.29, 0.717) is 24.3 Å². The van der Waals surface area contributed by atoms with Crippen molar-refractivity contribution in [3.05, 3.63) is 0 Å². The van der Waals surface area contributed by atoms with Gasteiger partial charge in [-0.3, -0.25) is 4.79 Å². The molecule has 4 nitrogen and oxygen atoms in total. The summed E-state index contributed by atoms with van der Waals surface area (Å²) in [7, 11) is 0. The van der Waals surface area contributed by atoms with E-state index in [9.17, 15) is 4.79 Å². The van der Waals surface area contributed by atoms with E-state index in [2.05, 4.69) is 0 Å². The molecule has 1 atom stereocenters. The van der Waals surface area contributed by atoms with Crippen LogP contribution >= 0.6 is 0 Å². The van der Waals surface area contributed by atoms with Crippen molar-refractivity contribution < 1.29 is 14.3 Å². The van der Waals surface area contributed by atoms with Crippen LogP contribution in [0.15, 0.2) is 0 Å². The Morgan fingerprint density at radius 3 is 2.71 bits per heavy atom. The van der Waals surface area contributed by atoms with Crippen molar-refractivity contribution in [1.82, 2.24) is 4.90 Å². The molecule has 0 aromatic carbocycles. The minimum atomic E-state index is 0.301. The highest BCUT2D eigenvalue weighted by Crippen LogP contribution is 2.20. The van der Waals surface area contributed by atoms with E-state index in [1.165, 1.54) is 0 Å². The molecule has 4 heteroatoms. The molecular formula is C13H23NO3. The predicted octanol–water partition coefficient (Wildman–Crippen LogP) is 1.44. The highest BCUT2D eigenvalue weighted by Gasteiger charge is 2.26. The minimum absolute atomic E-state index is 0.301. The summed E-state index contributed by atoms with van der Waals surface area (Å²) in [5.74, 6) is 0.752. The van der Waals surface area contributed by atoms with E-state index in [0.717, 1.165) is 52.2 Å². The molecule has 2 aliphatic rings. The fraction of sp³-hybridized carbons (Fsp3) is 0.923. The average molecular weight is 241 g/mol. The van der Waals surface area contributed by atoms with Gasteiger partial charge in [-0.1, -0.05) is 0 Å². The Morgan fingerprint density at radius 2 is 2.12 bits per heavy atom. The van der Waals surface area contributed by atoms with Gasteiger partial charge < -0.3 is 14.4 Å². The van der Waals surface area contributed by atoms with Crippen molar-refractivity contribution in [2.45, 2.75) is 38.7 Å². The van der Waals surface area contributed by atoms with Crippen LogP contribution in [0, 0.1) is 5.92 Å². The van der Waals surface area contributed by atoms with Crippen LogP contribution in [0.25, 0.3) is 0 Å². The molecule has 98 valence electrons. The summed E-state index contributed by atoms with van der Waals surface area (Å²) in [5, 5.41) is 0. The summed E-state index contributed by atoms with van der Waals surface area (Å²) >= 11 is 0. The fourth-order valence-corrected chi connectivity index (χ4v) is 2.63. The Kier molecular flexibility index (Phi) is 4.80. The molecule has 2 fully saturated rings. The molecule has 2 saturated heterocycles. The first-order valence-electron chi connectivity index (χ1n) is 6.76. The number of nitrogens with zero attached hydrogens (tertiary/aromatic N) is 1. The standard InChI is InChI=1S/C13H23NO3/c1-2-17-12-3-6-14(7-4-12)13(15)9-11-5-8-16-10-11/h11-12H,2-10H2,1H3/t11-/m1/s1. The number of piperidine rings is 1. The van der Waals surface area contributed by atoms with Crippen LogP contribution in [-0.4, -0.2) is 49.8 Å². The van der Waals surface area contributed by atoms with Crippen LogP contribution in [0.2, 0.25) is 0 Å². The molecule has 2 rings (SSSR count). The molecule has 0 bridgehead atoms. The summed E-state index contributed by atoms with van der Waals surface area (Å²) in [5.41, 5.74) is 0. The zero-order valence-electron chi connectivity index (χ0n) is 10.7. The van der Waals surface area contributed by atoms with Gasteiger partial charge in [0.1, 0.15) is 0 Å². The van der Waals surface area contributed by atoms with Gasteiger partial charge in [-0.05, 0) is 32.1 Å². The highest BCUT2D eigenvalue weighted by atomic mass is 16.5. The van der Waals surface area contributed by atoms with Crippen LogP contribution in [0.3, 0.4) is 0 Å². The molecule has 0 spiro atoms. The van der Waals surface area contributed by atoms with E-state index in [1.807, 2.05) is 11.8 Å². The molecule has 1 amide bonds. The molecule has 0 saturated carbocycles. The summed E-state index contributed by atoms with van der Waals surface area (Å²) < 4.78 is 10.9. The molecule has 0 aromatic rings.